The number of aromatic nitrogens is 3. The van der Waals surface area contributed by atoms with Gasteiger partial charge in [-0.15, -0.1) is 0 Å². The van der Waals surface area contributed by atoms with Gasteiger partial charge in [0.25, 0.3) is 5.91 Å². The van der Waals surface area contributed by atoms with Crippen LogP contribution in [0.1, 0.15) is 24.2 Å². The summed E-state index contributed by atoms with van der Waals surface area (Å²) < 4.78 is 7.25. The van der Waals surface area contributed by atoms with Crippen LogP contribution >= 0.6 is 0 Å². The average molecular weight is 260 g/mol. The van der Waals surface area contributed by atoms with Crippen LogP contribution < -0.4 is 0 Å². The molecule has 0 N–H and O–H groups in total. The fraction of sp³-hybridized carbons (Fsp3) is 0.462. The van der Waals surface area contributed by atoms with Crippen molar-refractivity contribution in [2.75, 3.05) is 13.1 Å². The van der Waals surface area contributed by atoms with Crippen LogP contribution in [-0.4, -0.2) is 50.7 Å². The van der Waals surface area contributed by atoms with Crippen molar-refractivity contribution in [3.8, 4) is 0 Å². The third kappa shape index (κ3) is 2.19. The number of morpholine rings is 1. The first kappa shape index (κ1) is 12.1. The van der Waals surface area contributed by atoms with E-state index in [1.165, 1.54) is 0 Å². The number of hydrogen-bond acceptors (Lipinski definition) is 4. The van der Waals surface area contributed by atoms with Crippen LogP contribution in [0.25, 0.3) is 5.65 Å². The molecule has 0 radical (unpaired) electrons. The van der Waals surface area contributed by atoms with Crippen molar-refractivity contribution in [2.45, 2.75) is 26.1 Å². The Morgan fingerprint density at radius 3 is 2.84 bits per heavy atom. The van der Waals surface area contributed by atoms with Crippen LogP contribution in [0, 0.1) is 0 Å². The molecular formula is C13H16N4O2. The molecule has 1 amide bonds. The van der Waals surface area contributed by atoms with Crippen molar-refractivity contribution in [2.24, 2.45) is 0 Å². The Hall–Kier alpha value is -1.95. The van der Waals surface area contributed by atoms with Crippen molar-refractivity contribution in [3.05, 3.63) is 30.2 Å². The van der Waals surface area contributed by atoms with E-state index in [1.807, 2.05) is 18.7 Å². The lowest BCUT2D eigenvalue weighted by atomic mass is 10.2. The molecule has 100 valence electrons. The molecule has 0 spiro atoms. The van der Waals surface area contributed by atoms with E-state index in [-0.39, 0.29) is 18.1 Å². The molecule has 0 aliphatic carbocycles. The van der Waals surface area contributed by atoms with Crippen LogP contribution in [0.2, 0.25) is 0 Å². The maximum Gasteiger partial charge on any atom is 0.259 e. The third-order valence-corrected chi connectivity index (χ3v) is 3.22. The second-order valence-electron chi connectivity index (χ2n) is 4.91. The normalized spacial score (nSPS) is 23.8. The van der Waals surface area contributed by atoms with Crippen LogP contribution in [-0.2, 0) is 4.74 Å². The molecule has 1 saturated heterocycles. The maximum atomic E-state index is 12.5. The SMILES string of the molecule is C[C@@H]1CN(C(=O)c2cnn3cccnc23)C[C@H](C)O1. The molecule has 19 heavy (non-hydrogen) atoms. The highest BCUT2D eigenvalue weighted by molar-refractivity contribution is 5.99. The zero-order valence-corrected chi connectivity index (χ0v) is 11.0. The molecule has 6 heteroatoms. The fourth-order valence-electron chi connectivity index (χ4n) is 2.49. The zero-order chi connectivity index (χ0) is 13.4. The number of rotatable bonds is 1. The maximum absolute atomic E-state index is 12.5. The van der Waals surface area contributed by atoms with Gasteiger partial charge in [-0.3, -0.25) is 4.79 Å². The molecule has 0 aromatic carbocycles. The summed E-state index contributed by atoms with van der Waals surface area (Å²) in [5, 5.41) is 4.15. The van der Waals surface area contributed by atoms with Gasteiger partial charge >= 0.3 is 0 Å². The van der Waals surface area contributed by atoms with Gasteiger partial charge < -0.3 is 9.64 Å². The molecular weight excluding hydrogens is 244 g/mol. The van der Waals surface area contributed by atoms with E-state index in [0.29, 0.717) is 24.3 Å². The van der Waals surface area contributed by atoms with Gasteiger partial charge in [-0.2, -0.15) is 5.10 Å². The summed E-state index contributed by atoms with van der Waals surface area (Å²) in [5.74, 6) is -0.0318. The Morgan fingerprint density at radius 1 is 1.37 bits per heavy atom. The first-order chi connectivity index (χ1) is 9.15. The van der Waals surface area contributed by atoms with E-state index in [4.69, 9.17) is 4.74 Å². The van der Waals surface area contributed by atoms with E-state index in [9.17, 15) is 4.79 Å². The molecule has 1 aliphatic heterocycles. The summed E-state index contributed by atoms with van der Waals surface area (Å²) in [6, 6.07) is 1.78. The highest BCUT2D eigenvalue weighted by Gasteiger charge is 2.28. The molecule has 0 saturated carbocycles. The van der Waals surface area contributed by atoms with Crippen LogP contribution in [0.5, 0.6) is 0 Å². The van der Waals surface area contributed by atoms with Gasteiger partial charge in [0, 0.05) is 25.5 Å². The molecule has 2 atom stereocenters. The Bertz CT molecular complexity index is 599. The van der Waals surface area contributed by atoms with E-state index in [0.717, 1.165) is 0 Å². The number of nitrogens with zero attached hydrogens (tertiary/aromatic N) is 4. The Balaban J connectivity index is 1.91. The predicted molar refractivity (Wildman–Crippen MR) is 68.9 cm³/mol. The van der Waals surface area contributed by atoms with E-state index in [2.05, 4.69) is 10.1 Å². The molecule has 2 aromatic heterocycles. The summed E-state index contributed by atoms with van der Waals surface area (Å²) in [6.45, 7) is 5.16. The van der Waals surface area contributed by atoms with E-state index >= 15 is 0 Å². The topological polar surface area (TPSA) is 59.7 Å². The predicted octanol–water partition coefficient (Wildman–Crippen LogP) is 0.979. The lowest BCUT2D eigenvalue weighted by Gasteiger charge is -2.35. The minimum Gasteiger partial charge on any atom is -0.372 e. The molecule has 3 heterocycles. The minimum atomic E-state index is -0.0318. The lowest BCUT2D eigenvalue weighted by molar-refractivity contribution is -0.0585. The lowest BCUT2D eigenvalue weighted by Crippen LogP contribution is -2.48. The standard InChI is InChI=1S/C13H16N4O2/c1-9-7-16(8-10(2)19-9)13(18)11-6-15-17-5-3-4-14-12(11)17/h3-6,9-10H,7-8H2,1-2H3/t9-,10+. The average Bonchev–Trinajstić information content (AvgIpc) is 2.80. The second kappa shape index (κ2) is 4.62. The van der Waals surface area contributed by atoms with Crippen molar-refractivity contribution in [1.29, 1.82) is 0 Å². The van der Waals surface area contributed by atoms with Crippen LogP contribution in [0.15, 0.2) is 24.7 Å². The largest absolute Gasteiger partial charge is 0.372 e. The van der Waals surface area contributed by atoms with E-state index in [1.54, 1.807) is 29.2 Å². The van der Waals surface area contributed by atoms with Gasteiger partial charge in [0.2, 0.25) is 0 Å². The number of hydrogen-bond donors (Lipinski definition) is 0. The summed E-state index contributed by atoms with van der Waals surface area (Å²) in [4.78, 5) is 18.6. The van der Waals surface area contributed by atoms with Crippen molar-refractivity contribution in [3.63, 3.8) is 0 Å². The van der Waals surface area contributed by atoms with Gasteiger partial charge in [-0.25, -0.2) is 9.50 Å². The molecule has 2 aromatic rings. The molecule has 0 unspecified atom stereocenters. The monoisotopic (exact) mass is 260 g/mol. The van der Waals surface area contributed by atoms with Crippen molar-refractivity contribution >= 4 is 11.6 Å². The third-order valence-electron chi connectivity index (χ3n) is 3.22. The number of carbonyl (C=O) groups is 1. The molecule has 3 rings (SSSR count). The van der Waals surface area contributed by atoms with Gasteiger partial charge in [-0.1, -0.05) is 0 Å². The number of ether oxygens (including phenoxy) is 1. The van der Waals surface area contributed by atoms with E-state index < -0.39 is 0 Å². The quantitative estimate of drug-likeness (QED) is 0.767. The Kier molecular flexibility index (Phi) is 2.94. The number of carbonyl (C=O) groups excluding carboxylic acids is 1. The molecule has 0 bridgehead atoms. The van der Waals surface area contributed by atoms with Gasteiger partial charge in [-0.05, 0) is 19.9 Å². The highest BCUT2D eigenvalue weighted by Crippen LogP contribution is 2.16. The van der Waals surface area contributed by atoms with Crippen LogP contribution in [0.3, 0.4) is 0 Å². The molecule has 1 aliphatic rings. The first-order valence-electron chi connectivity index (χ1n) is 6.38. The summed E-state index contributed by atoms with van der Waals surface area (Å²) >= 11 is 0. The number of fused-ring (bicyclic) bond motifs is 1. The molecule has 6 nitrogen and oxygen atoms in total. The highest BCUT2D eigenvalue weighted by atomic mass is 16.5. The van der Waals surface area contributed by atoms with Gasteiger partial charge in [0.15, 0.2) is 5.65 Å². The summed E-state index contributed by atoms with van der Waals surface area (Å²) in [7, 11) is 0. The van der Waals surface area contributed by atoms with Crippen LogP contribution in [0.4, 0.5) is 0 Å². The Morgan fingerprint density at radius 2 is 2.11 bits per heavy atom. The number of amides is 1. The second-order valence-corrected chi connectivity index (χ2v) is 4.91. The zero-order valence-electron chi connectivity index (χ0n) is 11.0. The van der Waals surface area contributed by atoms with Crippen molar-refractivity contribution in [1.82, 2.24) is 19.5 Å². The van der Waals surface area contributed by atoms with Gasteiger partial charge in [0.1, 0.15) is 5.56 Å². The fourth-order valence-corrected chi connectivity index (χ4v) is 2.49. The smallest absolute Gasteiger partial charge is 0.259 e. The molecule has 1 fully saturated rings. The Labute approximate surface area is 111 Å². The minimum absolute atomic E-state index is 0.0318. The van der Waals surface area contributed by atoms with Gasteiger partial charge in [0.05, 0.1) is 18.4 Å². The summed E-state index contributed by atoms with van der Waals surface area (Å²) in [5.41, 5.74) is 1.14. The first-order valence-corrected chi connectivity index (χ1v) is 6.38. The summed E-state index contributed by atoms with van der Waals surface area (Å²) in [6.07, 6.45) is 5.14. The van der Waals surface area contributed by atoms with Crippen molar-refractivity contribution < 1.29 is 9.53 Å².